The lowest BCUT2D eigenvalue weighted by Crippen LogP contribution is -2.26. The largest absolute Gasteiger partial charge is 0.497 e. The fraction of sp³-hybridized carbons (Fsp3) is 0.0182. The number of rotatable bonds is 14. The number of anilines is 2. The van der Waals surface area contributed by atoms with E-state index >= 15 is 4.57 Å². The molecule has 0 atom stereocenters. The number of carboxylic acid groups (broad SMARTS) is 2. The lowest BCUT2D eigenvalue weighted by molar-refractivity contribution is 0.0683. The highest BCUT2D eigenvalue weighted by Gasteiger charge is 2.33. The van der Waals surface area contributed by atoms with E-state index in [4.69, 9.17) is 14.2 Å². The van der Waals surface area contributed by atoms with Crippen LogP contribution >= 0.6 is 7.14 Å². The van der Waals surface area contributed by atoms with E-state index in [1.165, 1.54) is 37.4 Å². The standard InChI is InChI=1S/C55H39N2O10P/c1-65-40-26-29-47(55(62)63)49(34-40)53(59)57-39-16-12-18-42(33-39)67-50-35-43(27-30-51(50)68(64,44-19-7-3-8-20-44)45-21-9-4-10-22-45)66-41-17-11-15-38(32-41)56-52(58)48-31-37(25-28-46(48)54(60)61)24-23-36-13-5-2-6-14-36/h2-22,25-35H,1H3,(H,56,58)(H,57,59)(H,60,61)(H,62,63). The molecule has 12 nitrogen and oxygen atoms in total. The van der Waals surface area contributed by atoms with Gasteiger partial charge in [0.25, 0.3) is 11.8 Å². The van der Waals surface area contributed by atoms with Crippen LogP contribution in [-0.4, -0.2) is 41.1 Å². The van der Waals surface area contributed by atoms with E-state index < -0.39 is 30.9 Å². The van der Waals surface area contributed by atoms with Crippen LogP contribution in [0.15, 0.2) is 194 Å². The number of carboxylic acids is 2. The molecule has 0 aliphatic heterocycles. The molecule has 0 saturated carbocycles. The number of carbonyl (C=O) groups excluding carboxylic acids is 2. The maximum Gasteiger partial charge on any atom is 0.336 e. The Hall–Kier alpha value is -9.17. The van der Waals surface area contributed by atoms with Crippen molar-refractivity contribution in [2.45, 2.75) is 0 Å². The molecule has 0 aromatic heterocycles. The molecule has 8 aromatic rings. The monoisotopic (exact) mass is 918 g/mol. The van der Waals surface area contributed by atoms with Gasteiger partial charge in [-0.05, 0) is 84.9 Å². The summed E-state index contributed by atoms with van der Waals surface area (Å²) in [4.78, 5) is 51.4. The van der Waals surface area contributed by atoms with E-state index in [-0.39, 0.29) is 45.2 Å². The second-order valence-corrected chi connectivity index (χ2v) is 17.7. The van der Waals surface area contributed by atoms with Gasteiger partial charge in [0.2, 0.25) is 0 Å². The molecule has 2 amide bonds. The van der Waals surface area contributed by atoms with Crippen molar-refractivity contribution in [3.8, 4) is 40.6 Å². The average molecular weight is 919 g/mol. The van der Waals surface area contributed by atoms with Crippen molar-refractivity contribution >= 4 is 58.2 Å². The van der Waals surface area contributed by atoms with E-state index in [0.29, 0.717) is 38.7 Å². The van der Waals surface area contributed by atoms with E-state index in [1.54, 1.807) is 121 Å². The molecular formula is C55H39N2O10P. The van der Waals surface area contributed by atoms with E-state index in [0.717, 1.165) is 5.56 Å². The van der Waals surface area contributed by atoms with Gasteiger partial charge in [0.05, 0.1) is 34.7 Å². The predicted molar refractivity (Wildman–Crippen MR) is 261 cm³/mol. The first-order chi connectivity index (χ1) is 33.0. The summed E-state index contributed by atoms with van der Waals surface area (Å²) in [6, 6.07) is 53.5. The molecule has 0 saturated heterocycles. The van der Waals surface area contributed by atoms with Crippen molar-refractivity contribution in [3.05, 3.63) is 228 Å². The highest BCUT2D eigenvalue weighted by Crippen LogP contribution is 2.47. The Morgan fingerprint density at radius 2 is 0.941 bits per heavy atom. The molecule has 8 aromatic carbocycles. The molecular weight excluding hydrogens is 880 g/mol. The van der Waals surface area contributed by atoms with E-state index in [9.17, 15) is 29.4 Å². The summed E-state index contributed by atoms with van der Waals surface area (Å²) in [5.74, 6) is 3.31. The highest BCUT2D eigenvalue weighted by atomic mass is 31.2. The summed E-state index contributed by atoms with van der Waals surface area (Å²) < 4.78 is 33.9. The van der Waals surface area contributed by atoms with Gasteiger partial charge in [-0.15, -0.1) is 0 Å². The minimum Gasteiger partial charge on any atom is -0.497 e. The summed E-state index contributed by atoms with van der Waals surface area (Å²) in [5, 5.41) is 26.7. The quantitative estimate of drug-likeness (QED) is 0.0606. The summed E-state index contributed by atoms with van der Waals surface area (Å²) in [7, 11) is -2.25. The predicted octanol–water partition coefficient (Wildman–Crippen LogP) is 10.2. The molecule has 0 aliphatic carbocycles. The molecule has 4 N–H and O–H groups in total. The molecule has 13 heteroatoms. The van der Waals surface area contributed by atoms with Gasteiger partial charge in [-0.1, -0.05) is 103 Å². The van der Waals surface area contributed by atoms with Crippen LogP contribution in [0.3, 0.4) is 0 Å². The van der Waals surface area contributed by atoms with Crippen molar-refractivity contribution < 1.29 is 48.2 Å². The Balaban J connectivity index is 1.12. The van der Waals surface area contributed by atoms with Crippen molar-refractivity contribution in [2.75, 3.05) is 17.7 Å². The van der Waals surface area contributed by atoms with Crippen LogP contribution in [-0.2, 0) is 4.57 Å². The number of hydrogen-bond donors (Lipinski definition) is 4. The Morgan fingerprint density at radius 1 is 0.456 bits per heavy atom. The molecule has 0 bridgehead atoms. The normalized spacial score (nSPS) is 10.7. The number of aromatic carboxylic acids is 2. The SMILES string of the molecule is COc1ccc(C(=O)O)c(C(=O)Nc2cccc(Oc3cc(Oc4cccc(NC(=O)c5cc(C#Cc6ccccc6)ccc5C(=O)O)c4)ccc3P(=O)(c3ccccc3)c3ccccc3)c2)c1. The zero-order valence-corrected chi connectivity index (χ0v) is 37.0. The molecule has 0 radical (unpaired) electrons. The van der Waals surface area contributed by atoms with E-state index in [2.05, 4.69) is 22.5 Å². The molecule has 8 rings (SSSR count). The highest BCUT2D eigenvalue weighted by molar-refractivity contribution is 7.85. The number of benzene rings is 8. The van der Waals surface area contributed by atoms with Crippen LogP contribution in [0.2, 0.25) is 0 Å². The Bertz CT molecular complexity index is 3270. The second kappa shape index (κ2) is 20.3. The molecule has 0 heterocycles. The van der Waals surface area contributed by atoms with Gasteiger partial charge >= 0.3 is 11.9 Å². The lowest BCUT2D eigenvalue weighted by Gasteiger charge is -2.23. The summed E-state index contributed by atoms with van der Waals surface area (Å²) >= 11 is 0. The number of amides is 2. The van der Waals surface area contributed by atoms with Crippen LogP contribution in [0.4, 0.5) is 11.4 Å². The number of ether oxygens (including phenoxy) is 3. The van der Waals surface area contributed by atoms with Gasteiger partial charge < -0.3 is 39.6 Å². The van der Waals surface area contributed by atoms with Gasteiger partial charge in [-0.3, -0.25) is 9.59 Å². The third-order valence-corrected chi connectivity index (χ3v) is 13.6. The smallest absolute Gasteiger partial charge is 0.336 e. The topological polar surface area (TPSA) is 178 Å². The van der Waals surface area contributed by atoms with Crippen LogP contribution in [0, 0.1) is 11.8 Å². The molecule has 0 spiro atoms. The van der Waals surface area contributed by atoms with Crippen molar-refractivity contribution in [1.82, 2.24) is 0 Å². The fourth-order valence-corrected chi connectivity index (χ4v) is 9.97. The zero-order chi connectivity index (χ0) is 47.6. The molecule has 0 fully saturated rings. The third-order valence-electron chi connectivity index (χ3n) is 10.5. The summed E-state index contributed by atoms with van der Waals surface area (Å²) in [6.45, 7) is 0. The molecule has 0 aliphatic rings. The molecule has 334 valence electrons. The number of carbonyl (C=O) groups is 4. The Kier molecular flexibility index (Phi) is 13.6. The number of hydrogen-bond acceptors (Lipinski definition) is 8. The average Bonchev–Trinajstić information content (AvgIpc) is 3.36. The van der Waals surface area contributed by atoms with Gasteiger partial charge in [0, 0.05) is 51.3 Å². The van der Waals surface area contributed by atoms with Gasteiger partial charge in [0.1, 0.15) is 28.7 Å². The van der Waals surface area contributed by atoms with E-state index in [1.807, 2.05) is 42.5 Å². The van der Waals surface area contributed by atoms with Crippen LogP contribution in [0.1, 0.15) is 52.6 Å². The van der Waals surface area contributed by atoms with Crippen molar-refractivity contribution in [1.29, 1.82) is 0 Å². The fourth-order valence-electron chi connectivity index (χ4n) is 7.22. The summed E-state index contributed by atoms with van der Waals surface area (Å²) in [6.07, 6.45) is 0. The first kappa shape index (κ1) is 45.4. The third kappa shape index (κ3) is 10.3. The Morgan fingerprint density at radius 3 is 1.50 bits per heavy atom. The first-order valence-corrected chi connectivity index (χ1v) is 22.6. The van der Waals surface area contributed by atoms with Gasteiger partial charge in [-0.25, -0.2) is 9.59 Å². The minimum absolute atomic E-state index is 0.0868. The molecule has 0 unspecified atom stereocenters. The Labute approximate surface area is 390 Å². The first-order valence-electron chi connectivity index (χ1n) is 20.9. The molecule has 68 heavy (non-hydrogen) atoms. The minimum atomic E-state index is -3.65. The lowest BCUT2D eigenvalue weighted by atomic mass is 10.0. The van der Waals surface area contributed by atoms with Crippen LogP contribution < -0.4 is 40.8 Å². The van der Waals surface area contributed by atoms with Crippen LogP contribution in [0.5, 0.6) is 28.7 Å². The number of methoxy groups -OCH3 is 1. The second-order valence-electron chi connectivity index (χ2n) is 15.0. The van der Waals surface area contributed by atoms with Crippen LogP contribution in [0.25, 0.3) is 0 Å². The maximum atomic E-state index is 15.7. The van der Waals surface area contributed by atoms with Crippen molar-refractivity contribution in [3.63, 3.8) is 0 Å². The number of nitrogens with one attached hydrogen (secondary N) is 2. The summed E-state index contributed by atoms with van der Waals surface area (Å²) in [5.41, 5.74) is 1.16. The van der Waals surface area contributed by atoms with Gasteiger partial charge in [-0.2, -0.15) is 0 Å². The maximum absolute atomic E-state index is 15.7. The van der Waals surface area contributed by atoms with Crippen molar-refractivity contribution in [2.24, 2.45) is 0 Å². The zero-order valence-electron chi connectivity index (χ0n) is 36.1. The van der Waals surface area contributed by atoms with Gasteiger partial charge in [0.15, 0.2) is 7.14 Å².